The molecule has 0 spiro atoms. The summed E-state index contributed by atoms with van der Waals surface area (Å²) in [7, 11) is 1.58. The highest BCUT2D eigenvalue weighted by molar-refractivity contribution is 5.95. The van der Waals surface area contributed by atoms with Crippen molar-refractivity contribution < 1.29 is 19.1 Å². The van der Waals surface area contributed by atoms with Gasteiger partial charge in [-0.1, -0.05) is 0 Å². The predicted molar refractivity (Wildman–Crippen MR) is 93.4 cm³/mol. The topological polar surface area (TPSA) is 67.9 Å². The quantitative estimate of drug-likeness (QED) is 0.818. The molecule has 1 atom stereocenters. The smallest absolute Gasteiger partial charge is 0.251 e. The Hall–Kier alpha value is -2.73. The number of anilines is 1. The van der Waals surface area contributed by atoms with Crippen molar-refractivity contribution >= 4 is 17.5 Å². The van der Waals surface area contributed by atoms with Gasteiger partial charge in [0.15, 0.2) is 0 Å². The van der Waals surface area contributed by atoms with Gasteiger partial charge in [-0.3, -0.25) is 9.59 Å². The SMILES string of the molecule is COc1ccc(NC(=O)CC2OCCN(Cc3cc[cH-]c3)C2=O)cc1. The van der Waals surface area contributed by atoms with Crippen LogP contribution < -0.4 is 10.1 Å². The van der Waals surface area contributed by atoms with E-state index in [1.165, 1.54) is 0 Å². The number of methoxy groups -OCH3 is 1. The number of carbonyl (C=O) groups excluding carboxylic acids is 2. The third-order valence-corrected chi connectivity index (χ3v) is 4.12. The van der Waals surface area contributed by atoms with Crippen LogP contribution in [-0.2, 0) is 20.9 Å². The van der Waals surface area contributed by atoms with Crippen LogP contribution in [0.4, 0.5) is 5.69 Å². The number of ether oxygens (including phenoxy) is 2. The fraction of sp³-hybridized carbons (Fsp3) is 0.316. The third-order valence-electron chi connectivity index (χ3n) is 4.12. The van der Waals surface area contributed by atoms with Crippen LogP contribution >= 0.6 is 0 Å². The summed E-state index contributed by atoms with van der Waals surface area (Å²) < 4.78 is 10.6. The molecule has 0 aromatic heterocycles. The van der Waals surface area contributed by atoms with E-state index in [9.17, 15) is 9.59 Å². The van der Waals surface area contributed by atoms with E-state index in [1.807, 2.05) is 24.3 Å². The van der Waals surface area contributed by atoms with E-state index in [-0.39, 0.29) is 18.2 Å². The van der Waals surface area contributed by atoms with E-state index in [4.69, 9.17) is 9.47 Å². The second kappa shape index (κ2) is 7.90. The van der Waals surface area contributed by atoms with Gasteiger partial charge >= 0.3 is 0 Å². The minimum absolute atomic E-state index is 0.00236. The molecule has 25 heavy (non-hydrogen) atoms. The molecule has 0 saturated carbocycles. The molecule has 0 aliphatic carbocycles. The van der Waals surface area contributed by atoms with Crippen molar-refractivity contribution in [3.05, 3.63) is 54.1 Å². The fourth-order valence-electron chi connectivity index (χ4n) is 2.79. The molecule has 1 unspecified atom stereocenters. The lowest BCUT2D eigenvalue weighted by atomic mass is 10.1. The van der Waals surface area contributed by atoms with Crippen molar-refractivity contribution in [1.29, 1.82) is 0 Å². The highest BCUT2D eigenvalue weighted by atomic mass is 16.5. The number of hydrogen-bond donors (Lipinski definition) is 1. The minimum Gasteiger partial charge on any atom is -0.497 e. The number of benzene rings is 1. The van der Waals surface area contributed by atoms with E-state index in [0.29, 0.717) is 31.1 Å². The van der Waals surface area contributed by atoms with Crippen molar-refractivity contribution in [3.63, 3.8) is 0 Å². The van der Waals surface area contributed by atoms with Crippen LogP contribution in [0, 0.1) is 0 Å². The summed E-state index contributed by atoms with van der Waals surface area (Å²) in [5, 5.41) is 2.78. The van der Waals surface area contributed by atoms with Crippen LogP contribution in [0.25, 0.3) is 0 Å². The van der Waals surface area contributed by atoms with Crippen LogP contribution in [0.5, 0.6) is 5.75 Å². The zero-order valence-electron chi connectivity index (χ0n) is 14.1. The Morgan fingerprint density at radius 2 is 2.16 bits per heavy atom. The molecule has 1 aliphatic rings. The van der Waals surface area contributed by atoms with Gasteiger partial charge in [-0.25, -0.2) is 6.07 Å². The van der Waals surface area contributed by atoms with Gasteiger partial charge in [0.2, 0.25) is 5.91 Å². The number of rotatable bonds is 6. The molecule has 1 N–H and O–H groups in total. The molecule has 6 nitrogen and oxygen atoms in total. The fourth-order valence-corrected chi connectivity index (χ4v) is 2.79. The summed E-state index contributed by atoms with van der Waals surface area (Å²) in [5.41, 5.74) is 1.74. The van der Waals surface area contributed by atoms with E-state index >= 15 is 0 Å². The number of amides is 2. The van der Waals surface area contributed by atoms with Gasteiger partial charge in [-0.15, -0.1) is 0 Å². The molecule has 2 amide bonds. The van der Waals surface area contributed by atoms with Gasteiger partial charge in [0, 0.05) is 12.2 Å². The van der Waals surface area contributed by atoms with E-state index < -0.39 is 6.10 Å². The summed E-state index contributed by atoms with van der Waals surface area (Å²) >= 11 is 0. The van der Waals surface area contributed by atoms with Gasteiger partial charge in [0.05, 0.1) is 20.1 Å². The molecule has 1 fully saturated rings. The molecular formula is C19H21N2O4-. The Balaban J connectivity index is 1.55. The molecule has 1 heterocycles. The first kappa shape index (κ1) is 17.1. The average molecular weight is 341 g/mol. The highest BCUT2D eigenvalue weighted by Crippen LogP contribution is 2.17. The first-order valence-corrected chi connectivity index (χ1v) is 8.20. The number of carbonyl (C=O) groups is 2. The highest BCUT2D eigenvalue weighted by Gasteiger charge is 2.30. The molecule has 1 saturated heterocycles. The summed E-state index contributed by atoms with van der Waals surface area (Å²) in [6.07, 6.45) is -0.732. The number of morpholine rings is 1. The maximum absolute atomic E-state index is 12.5. The molecule has 1 aliphatic heterocycles. The molecule has 132 valence electrons. The molecule has 0 radical (unpaired) electrons. The molecule has 2 aromatic rings. The maximum Gasteiger partial charge on any atom is 0.251 e. The average Bonchev–Trinajstić information content (AvgIpc) is 3.12. The molecular weight excluding hydrogens is 320 g/mol. The normalized spacial score (nSPS) is 17.4. The van der Waals surface area contributed by atoms with E-state index in [2.05, 4.69) is 5.32 Å². The van der Waals surface area contributed by atoms with Crippen LogP contribution in [-0.4, -0.2) is 43.1 Å². The first-order valence-electron chi connectivity index (χ1n) is 8.20. The van der Waals surface area contributed by atoms with Crippen LogP contribution in [0.2, 0.25) is 0 Å². The van der Waals surface area contributed by atoms with Crippen LogP contribution in [0.15, 0.2) is 48.5 Å². The Kier molecular flexibility index (Phi) is 5.40. The summed E-state index contributed by atoms with van der Waals surface area (Å²) in [5.74, 6) is 0.322. The van der Waals surface area contributed by atoms with Gasteiger partial charge in [-0.2, -0.15) is 23.8 Å². The number of nitrogens with one attached hydrogen (secondary N) is 1. The van der Waals surface area contributed by atoms with E-state index in [1.54, 1.807) is 36.3 Å². The van der Waals surface area contributed by atoms with Crippen molar-refractivity contribution in [3.8, 4) is 5.75 Å². The van der Waals surface area contributed by atoms with Crippen molar-refractivity contribution in [2.24, 2.45) is 0 Å². The summed E-state index contributed by atoms with van der Waals surface area (Å²) in [6, 6.07) is 14.9. The second-order valence-electron chi connectivity index (χ2n) is 5.89. The summed E-state index contributed by atoms with van der Waals surface area (Å²) in [6.45, 7) is 1.53. The van der Waals surface area contributed by atoms with Crippen molar-refractivity contribution in [1.82, 2.24) is 4.90 Å². The maximum atomic E-state index is 12.5. The number of hydrogen-bond acceptors (Lipinski definition) is 4. The van der Waals surface area contributed by atoms with Gasteiger partial charge in [-0.05, 0) is 30.8 Å². The van der Waals surface area contributed by atoms with Crippen molar-refractivity contribution in [2.75, 3.05) is 25.6 Å². The Morgan fingerprint density at radius 1 is 1.36 bits per heavy atom. The monoisotopic (exact) mass is 341 g/mol. The van der Waals surface area contributed by atoms with Gasteiger partial charge in [0.1, 0.15) is 11.9 Å². The van der Waals surface area contributed by atoms with Gasteiger partial charge in [0.25, 0.3) is 5.91 Å². The van der Waals surface area contributed by atoms with E-state index in [0.717, 1.165) is 5.56 Å². The van der Waals surface area contributed by atoms with Gasteiger partial charge < -0.3 is 19.7 Å². The zero-order chi connectivity index (χ0) is 17.6. The molecule has 6 heteroatoms. The molecule has 3 rings (SSSR count). The lowest BCUT2D eigenvalue weighted by molar-refractivity contribution is -0.155. The largest absolute Gasteiger partial charge is 0.497 e. The van der Waals surface area contributed by atoms with Crippen LogP contribution in [0.1, 0.15) is 12.0 Å². The van der Waals surface area contributed by atoms with Crippen LogP contribution in [0.3, 0.4) is 0 Å². The minimum atomic E-state index is -0.734. The standard InChI is InChI=1S/C19H21N2O4/c1-24-16-8-6-15(7-9-16)20-18(22)12-17-19(23)21(10-11-25-17)13-14-4-2-3-5-14/h2-9,17H,10-13H2,1H3,(H,20,22)/q-1. The molecule has 2 aromatic carbocycles. The second-order valence-corrected chi connectivity index (χ2v) is 5.89. The summed E-state index contributed by atoms with van der Waals surface area (Å²) in [4.78, 5) is 26.5. The lowest BCUT2D eigenvalue weighted by Crippen LogP contribution is -2.48. The third kappa shape index (κ3) is 4.42. The Morgan fingerprint density at radius 3 is 2.84 bits per heavy atom. The number of nitrogens with zero attached hydrogens (tertiary/aromatic N) is 1. The Labute approximate surface area is 146 Å². The zero-order valence-corrected chi connectivity index (χ0v) is 14.1. The lowest BCUT2D eigenvalue weighted by Gasteiger charge is -2.33. The molecule has 0 bridgehead atoms. The van der Waals surface area contributed by atoms with Crippen molar-refractivity contribution in [2.45, 2.75) is 19.1 Å². The first-order chi connectivity index (χ1) is 12.2. The Bertz CT molecular complexity index is 710. The predicted octanol–water partition coefficient (Wildman–Crippen LogP) is 2.17.